The number of aromatic nitrogens is 6. The van der Waals surface area contributed by atoms with Crippen LogP contribution in [0.2, 0.25) is 0 Å². The molecule has 0 fully saturated rings. The monoisotopic (exact) mass is 1440 g/mol. The maximum atomic E-state index is 16.0. The van der Waals surface area contributed by atoms with Crippen LogP contribution >= 0.6 is 22.7 Å². The van der Waals surface area contributed by atoms with Crippen molar-refractivity contribution in [1.82, 2.24) is 39.7 Å². The minimum absolute atomic E-state index is 0.162. The van der Waals surface area contributed by atoms with Gasteiger partial charge in [-0.25, -0.2) is 0 Å². The highest BCUT2D eigenvalue weighted by Gasteiger charge is 2.41. The largest absolute Gasteiger partial charge is 0.274 e. The van der Waals surface area contributed by atoms with Crippen molar-refractivity contribution in [3.63, 3.8) is 0 Å². The lowest BCUT2D eigenvalue weighted by Gasteiger charge is -2.33. The third kappa shape index (κ3) is 17.4. The maximum Gasteiger partial charge on any atom is 0.262 e. The van der Waals surface area contributed by atoms with Gasteiger partial charge in [0.15, 0.2) is 0 Å². The van der Waals surface area contributed by atoms with Gasteiger partial charge in [-0.15, -0.1) is 22.7 Å². The number of thiophene rings is 2. The molecular formula is C90H116N8O4S2. The lowest BCUT2D eigenvalue weighted by molar-refractivity contribution is 0.0562. The first kappa shape index (κ1) is 76.5. The molecule has 4 aromatic carbocycles. The number of amides is 4. The molecule has 0 bridgehead atoms. The summed E-state index contributed by atoms with van der Waals surface area (Å²) in [5.74, 6) is -0.809. The molecule has 12 rings (SSSR count). The van der Waals surface area contributed by atoms with Crippen molar-refractivity contribution in [3.8, 4) is 31.3 Å². The van der Waals surface area contributed by atoms with Crippen molar-refractivity contribution in [2.75, 3.05) is 13.1 Å². The van der Waals surface area contributed by atoms with E-state index in [1.807, 2.05) is 19.1 Å². The summed E-state index contributed by atoms with van der Waals surface area (Å²) in [5.41, 5.74) is 9.17. The topological polar surface area (TPSA) is 152 Å². The van der Waals surface area contributed by atoms with Gasteiger partial charge in [-0.05, 0) is 93.3 Å². The summed E-state index contributed by atoms with van der Waals surface area (Å²) < 4.78 is 0. The Kier molecular flexibility index (Phi) is 27.9. The zero-order valence-electron chi connectivity index (χ0n) is 63.8. The van der Waals surface area contributed by atoms with E-state index in [4.69, 9.17) is 29.9 Å². The third-order valence-corrected chi connectivity index (χ3v) is 25.2. The average Bonchev–Trinajstić information content (AvgIpc) is 0.959. The number of imide groups is 2. The van der Waals surface area contributed by atoms with Gasteiger partial charge >= 0.3 is 0 Å². The van der Waals surface area contributed by atoms with Gasteiger partial charge in [-0.2, -0.15) is 0 Å². The summed E-state index contributed by atoms with van der Waals surface area (Å²) >= 11 is 3.27. The predicted molar refractivity (Wildman–Crippen MR) is 436 cm³/mol. The molecule has 104 heavy (non-hydrogen) atoms. The van der Waals surface area contributed by atoms with Crippen LogP contribution in [0.25, 0.3) is 96.7 Å². The molecule has 12 nitrogen and oxygen atoms in total. The molecule has 2 atom stereocenters. The van der Waals surface area contributed by atoms with E-state index >= 15 is 19.2 Å². The first-order chi connectivity index (χ1) is 51.1. The molecular weight excluding hydrogens is 1320 g/mol. The molecule has 552 valence electrons. The molecule has 0 saturated carbocycles. The van der Waals surface area contributed by atoms with Crippen molar-refractivity contribution in [3.05, 3.63) is 106 Å². The SMILES string of the molecule is CCCCCCCCCCCCC(CCCCCCCCCC)CN1C(=O)c2cnc3c4c(-c5ccc(-c6c7nccnc7c(-c7ccc(C)s7)c7nccnc67)s5)cc5c6c(cnc(c7c(C)cc(c2c37)C1=O)c64)C(=O)N(CC(CCCCCCCCCC)CCCCCCCCCCCC)C5=O. The number of aryl methyl sites for hydroxylation is 2. The van der Waals surface area contributed by atoms with E-state index in [9.17, 15) is 0 Å². The fourth-order valence-corrected chi connectivity index (χ4v) is 19.4. The van der Waals surface area contributed by atoms with Crippen LogP contribution in [0.1, 0.15) is 336 Å². The van der Waals surface area contributed by atoms with Crippen LogP contribution in [-0.4, -0.2) is 76.4 Å². The fourth-order valence-electron chi connectivity index (χ4n) is 17.4. The van der Waals surface area contributed by atoms with Crippen LogP contribution < -0.4 is 0 Å². The van der Waals surface area contributed by atoms with Crippen LogP contribution in [-0.2, 0) is 0 Å². The van der Waals surface area contributed by atoms with Crippen LogP contribution in [0.5, 0.6) is 0 Å². The smallest absolute Gasteiger partial charge is 0.262 e. The maximum absolute atomic E-state index is 16.0. The Morgan fingerprint density at radius 2 is 0.625 bits per heavy atom. The number of nitrogens with zero attached hydrogens (tertiary/aromatic N) is 8. The standard InChI is InChI=1S/C90H116N8O4S2/c1-7-11-15-19-23-27-29-33-37-41-44-63(43-39-35-31-25-21-17-13-9-3)59-97-87(99)66-55-61(5)73-79-74(66)68(89(97)101)58-96-82(79)76-65(70-49-50-72(104-70)78-85-83(91-51-53-93-85)77(71-48-47-62(6)103-71)84-86(78)94-54-52-92-84)56-67-75-69(57-95-81(73)80(75)76)90(102)98(88(67)100)60-64(45-40-36-32-26-22-18-14-10-4)46-42-38-34-30-28-24-20-16-12-8-2/h47-58,63-64H,7-46,59-60H2,1-6H3. The summed E-state index contributed by atoms with van der Waals surface area (Å²) in [4.78, 5) is 101. The van der Waals surface area contributed by atoms with Gasteiger partial charge in [0.25, 0.3) is 23.6 Å². The molecule has 0 saturated heterocycles. The molecule has 0 spiro atoms. The summed E-state index contributed by atoms with van der Waals surface area (Å²) in [6.07, 6.45) is 59.1. The molecule has 2 aliphatic heterocycles. The van der Waals surface area contributed by atoms with Gasteiger partial charge in [-0.1, -0.05) is 259 Å². The van der Waals surface area contributed by atoms with Gasteiger partial charge in [0.1, 0.15) is 22.1 Å². The fraction of sp³-hybridized carbons (Fsp3) is 0.556. The lowest BCUT2D eigenvalue weighted by Crippen LogP contribution is -2.43. The second kappa shape index (κ2) is 37.9. The molecule has 14 heteroatoms. The van der Waals surface area contributed by atoms with Gasteiger partial charge < -0.3 is 0 Å². The molecule has 2 unspecified atom stereocenters. The Morgan fingerprint density at radius 1 is 0.308 bits per heavy atom. The van der Waals surface area contributed by atoms with Crippen molar-refractivity contribution >= 4 is 112 Å². The zero-order chi connectivity index (χ0) is 72.3. The molecule has 2 aliphatic rings. The first-order valence-corrected chi connectivity index (χ1v) is 42.9. The zero-order valence-corrected chi connectivity index (χ0v) is 65.4. The Balaban J connectivity index is 0.930. The minimum Gasteiger partial charge on any atom is -0.274 e. The summed E-state index contributed by atoms with van der Waals surface area (Å²) in [7, 11) is 0. The molecule has 0 N–H and O–H groups in total. The Morgan fingerprint density at radius 3 is 1.00 bits per heavy atom. The van der Waals surface area contributed by atoms with Crippen LogP contribution in [0, 0.1) is 25.7 Å². The van der Waals surface area contributed by atoms with Crippen molar-refractivity contribution in [1.29, 1.82) is 0 Å². The average molecular weight is 1440 g/mol. The Labute approximate surface area is 627 Å². The van der Waals surface area contributed by atoms with E-state index in [-0.39, 0.29) is 35.5 Å². The number of benzene rings is 4. The third-order valence-electron chi connectivity index (χ3n) is 23.1. The second-order valence-corrected chi connectivity index (χ2v) is 33.3. The number of carbonyl (C=O) groups is 4. The quantitative estimate of drug-likeness (QED) is 0.0156. The number of pyridine rings is 2. The van der Waals surface area contributed by atoms with Gasteiger partial charge in [0.05, 0.1) is 22.2 Å². The van der Waals surface area contributed by atoms with E-state index in [1.165, 1.54) is 198 Å². The highest BCUT2D eigenvalue weighted by atomic mass is 32.1. The van der Waals surface area contributed by atoms with Crippen molar-refractivity contribution < 1.29 is 19.2 Å². The van der Waals surface area contributed by atoms with E-state index in [1.54, 1.807) is 69.7 Å². The lowest BCUT2D eigenvalue weighted by atomic mass is 9.82. The van der Waals surface area contributed by atoms with E-state index in [0.29, 0.717) is 79.0 Å². The molecule has 6 aromatic heterocycles. The number of fused-ring (bicyclic) bond motifs is 4. The van der Waals surface area contributed by atoms with Gasteiger partial charge in [-0.3, -0.25) is 58.9 Å². The number of rotatable bonds is 47. The normalized spacial score (nSPS) is 13.9. The van der Waals surface area contributed by atoms with Crippen LogP contribution in [0.15, 0.2) is 73.6 Å². The highest BCUT2D eigenvalue weighted by Crippen LogP contribution is 2.52. The van der Waals surface area contributed by atoms with Gasteiger partial charge in [0, 0.05) is 130 Å². The second-order valence-electron chi connectivity index (χ2n) is 31.0. The van der Waals surface area contributed by atoms with E-state index in [2.05, 4.69) is 58.9 Å². The van der Waals surface area contributed by atoms with Crippen molar-refractivity contribution in [2.24, 2.45) is 11.8 Å². The van der Waals surface area contributed by atoms with Gasteiger partial charge in [0.2, 0.25) is 0 Å². The van der Waals surface area contributed by atoms with Crippen LogP contribution in [0.4, 0.5) is 0 Å². The molecule has 4 amide bonds. The van der Waals surface area contributed by atoms with Crippen molar-refractivity contribution in [2.45, 2.75) is 298 Å². The molecule has 0 radical (unpaired) electrons. The van der Waals surface area contributed by atoms with E-state index < -0.39 is 0 Å². The Hall–Kier alpha value is -7.16. The molecule has 0 aliphatic carbocycles. The van der Waals surface area contributed by atoms with E-state index in [0.717, 1.165) is 123 Å². The predicted octanol–water partition coefficient (Wildman–Crippen LogP) is 26.3. The number of carbonyl (C=O) groups excluding carboxylic acids is 4. The summed E-state index contributed by atoms with van der Waals surface area (Å²) in [6, 6.07) is 12.5. The summed E-state index contributed by atoms with van der Waals surface area (Å²) in [6.45, 7) is 14.0. The Bertz CT molecular complexity index is 4490. The molecule has 8 heterocycles. The molecule has 10 aromatic rings. The van der Waals surface area contributed by atoms with Crippen LogP contribution in [0.3, 0.4) is 0 Å². The highest BCUT2D eigenvalue weighted by molar-refractivity contribution is 7.19. The number of unbranched alkanes of at least 4 members (excludes halogenated alkanes) is 32. The first-order valence-electron chi connectivity index (χ1n) is 41.3. The summed E-state index contributed by atoms with van der Waals surface area (Å²) in [5, 5.41) is 4.05. The minimum atomic E-state index is -0.310. The number of hydrogen-bond acceptors (Lipinski definition) is 12. The number of hydrogen-bond donors (Lipinski definition) is 0.